The van der Waals surface area contributed by atoms with E-state index < -0.39 is 0 Å². The summed E-state index contributed by atoms with van der Waals surface area (Å²) in [5.41, 5.74) is 7.76. The van der Waals surface area contributed by atoms with Crippen molar-refractivity contribution in [3.8, 4) is 0 Å². The SMILES string of the molecule is CCN(C(=O)c1cc(Br)ccc1C)C1CCCCC1CN. The van der Waals surface area contributed by atoms with Gasteiger partial charge in [0.1, 0.15) is 0 Å². The number of amides is 1. The first-order valence-corrected chi connectivity index (χ1v) is 8.65. The summed E-state index contributed by atoms with van der Waals surface area (Å²) in [7, 11) is 0. The van der Waals surface area contributed by atoms with Crippen LogP contribution in [0.15, 0.2) is 22.7 Å². The number of carbonyl (C=O) groups excluding carboxylic acids is 1. The number of rotatable bonds is 4. The molecule has 0 saturated heterocycles. The van der Waals surface area contributed by atoms with Gasteiger partial charge in [-0.3, -0.25) is 4.79 Å². The molecule has 0 radical (unpaired) electrons. The third kappa shape index (κ3) is 3.67. The Morgan fingerprint density at radius 1 is 1.38 bits per heavy atom. The summed E-state index contributed by atoms with van der Waals surface area (Å²) >= 11 is 3.47. The Labute approximate surface area is 136 Å². The van der Waals surface area contributed by atoms with Crippen molar-refractivity contribution in [3.05, 3.63) is 33.8 Å². The van der Waals surface area contributed by atoms with Gasteiger partial charge in [0.05, 0.1) is 0 Å². The lowest BCUT2D eigenvalue weighted by atomic mass is 9.83. The molecule has 2 rings (SSSR count). The molecule has 1 aromatic carbocycles. The minimum atomic E-state index is 0.140. The van der Waals surface area contributed by atoms with Gasteiger partial charge in [-0.15, -0.1) is 0 Å². The molecule has 21 heavy (non-hydrogen) atoms. The molecule has 2 atom stereocenters. The van der Waals surface area contributed by atoms with E-state index >= 15 is 0 Å². The van der Waals surface area contributed by atoms with Crippen molar-refractivity contribution in [3.63, 3.8) is 0 Å². The number of nitrogens with two attached hydrogens (primary N) is 1. The monoisotopic (exact) mass is 352 g/mol. The van der Waals surface area contributed by atoms with Crippen molar-refractivity contribution in [2.45, 2.75) is 45.6 Å². The third-order valence-electron chi connectivity index (χ3n) is 4.60. The van der Waals surface area contributed by atoms with Crippen molar-refractivity contribution in [1.29, 1.82) is 0 Å². The second kappa shape index (κ2) is 7.41. The number of nitrogens with zero attached hydrogens (tertiary/aromatic N) is 1. The minimum Gasteiger partial charge on any atom is -0.336 e. The Balaban J connectivity index is 2.27. The van der Waals surface area contributed by atoms with Gasteiger partial charge in [-0.25, -0.2) is 0 Å². The molecule has 1 aliphatic carbocycles. The highest BCUT2D eigenvalue weighted by molar-refractivity contribution is 9.10. The molecule has 4 heteroatoms. The fourth-order valence-corrected chi connectivity index (χ4v) is 3.74. The molecule has 0 bridgehead atoms. The van der Waals surface area contributed by atoms with Crippen molar-refractivity contribution in [2.24, 2.45) is 11.7 Å². The third-order valence-corrected chi connectivity index (χ3v) is 5.10. The molecular weight excluding hydrogens is 328 g/mol. The number of hydrogen-bond acceptors (Lipinski definition) is 2. The predicted molar refractivity (Wildman–Crippen MR) is 90.4 cm³/mol. The van der Waals surface area contributed by atoms with E-state index in [2.05, 4.69) is 22.9 Å². The molecule has 116 valence electrons. The van der Waals surface area contributed by atoms with Gasteiger partial charge in [-0.1, -0.05) is 34.8 Å². The molecule has 2 N–H and O–H groups in total. The Hall–Kier alpha value is -0.870. The van der Waals surface area contributed by atoms with E-state index in [1.54, 1.807) is 0 Å². The average Bonchev–Trinajstić information content (AvgIpc) is 2.50. The van der Waals surface area contributed by atoms with Crippen molar-refractivity contribution >= 4 is 21.8 Å². The maximum absolute atomic E-state index is 13.0. The molecule has 0 spiro atoms. The average molecular weight is 353 g/mol. The zero-order valence-corrected chi connectivity index (χ0v) is 14.5. The van der Waals surface area contributed by atoms with Crippen molar-refractivity contribution in [1.82, 2.24) is 4.90 Å². The highest BCUT2D eigenvalue weighted by Gasteiger charge is 2.32. The second-order valence-corrected chi connectivity index (χ2v) is 6.81. The molecule has 2 unspecified atom stereocenters. The zero-order chi connectivity index (χ0) is 15.4. The van der Waals surface area contributed by atoms with Crippen LogP contribution in [0, 0.1) is 12.8 Å². The zero-order valence-electron chi connectivity index (χ0n) is 12.9. The quantitative estimate of drug-likeness (QED) is 0.896. The molecule has 0 heterocycles. The van der Waals surface area contributed by atoms with Gasteiger partial charge in [-0.2, -0.15) is 0 Å². The molecular formula is C17H25BrN2O. The summed E-state index contributed by atoms with van der Waals surface area (Å²) in [5, 5.41) is 0. The van der Waals surface area contributed by atoms with Gasteiger partial charge in [0.25, 0.3) is 5.91 Å². The molecule has 3 nitrogen and oxygen atoms in total. The second-order valence-electron chi connectivity index (χ2n) is 5.90. The molecule has 1 fully saturated rings. The van der Waals surface area contributed by atoms with Gasteiger partial charge in [0.2, 0.25) is 0 Å². The summed E-state index contributed by atoms with van der Waals surface area (Å²) in [4.78, 5) is 15.0. The fraction of sp³-hybridized carbons (Fsp3) is 0.588. The first kappa shape index (κ1) is 16.5. The van der Waals surface area contributed by atoms with Gasteiger partial charge < -0.3 is 10.6 Å². The van der Waals surface area contributed by atoms with Crippen LogP contribution in [-0.2, 0) is 0 Å². The van der Waals surface area contributed by atoms with Gasteiger partial charge >= 0.3 is 0 Å². The minimum absolute atomic E-state index is 0.140. The van der Waals surface area contributed by atoms with Crippen LogP contribution in [0.25, 0.3) is 0 Å². The van der Waals surface area contributed by atoms with Crippen LogP contribution in [0.3, 0.4) is 0 Å². The van der Waals surface area contributed by atoms with Crippen LogP contribution in [-0.4, -0.2) is 29.9 Å². The highest BCUT2D eigenvalue weighted by atomic mass is 79.9. The number of aryl methyl sites for hydroxylation is 1. The van der Waals surface area contributed by atoms with Crippen LogP contribution in [0.5, 0.6) is 0 Å². The van der Waals surface area contributed by atoms with E-state index in [0.717, 1.165) is 35.0 Å². The van der Waals surface area contributed by atoms with E-state index in [9.17, 15) is 4.79 Å². The molecule has 1 amide bonds. The van der Waals surface area contributed by atoms with E-state index in [4.69, 9.17) is 5.73 Å². The Morgan fingerprint density at radius 2 is 2.10 bits per heavy atom. The lowest BCUT2D eigenvalue weighted by Crippen LogP contribution is -2.48. The van der Waals surface area contributed by atoms with E-state index in [-0.39, 0.29) is 5.91 Å². The first-order chi connectivity index (χ1) is 10.1. The fourth-order valence-electron chi connectivity index (χ4n) is 3.38. The first-order valence-electron chi connectivity index (χ1n) is 7.85. The molecule has 1 saturated carbocycles. The molecule has 1 aliphatic rings. The molecule has 0 aliphatic heterocycles. The maximum atomic E-state index is 13.0. The normalized spacial score (nSPS) is 22.1. The standard InChI is InChI=1S/C17H25BrN2O/c1-3-20(16-7-5-4-6-13(16)11-19)17(21)15-10-14(18)9-8-12(15)2/h8-10,13,16H,3-7,11,19H2,1-2H3. The summed E-state index contributed by atoms with van der Waals surface area (Å²) in [6, 6.07) is 6.19. The highest BCUT2D eigenvalue weighted by Crippen LogP contribution is 2.29. The van der Waals surface area contributed by atoms with Crippen LogP contribution < -0.4 is 5.73 Å². The van der Waals surface area contributed by atoms with E-state index in [0.29, 0.717) is 18.5 Å². The largest absolute Gasteiger partial charge is 0.336 e. The number of hydrogen-bond donors (Lipinski definition) is 1. The summed E-state index contributed by atoms with van der Waals surface area (Å²) in [6.45, 7) is 5.47. The maximum Gasteiger partial charge on any atom is 0.254 e. The molecule has 1 aromatic rings. The Bertz CT molecular complexity index is 504. The summed E-state index contributed by atoms with van der Waals surface area (Å²) in [5.74, 6) is 0.580. The molecule has 0 aromatic heterocycles. The smallest absolute Gasteiger partial charge is 0.254 e. The van der Waals surface area contributed by atoms with E-state index in [1.807, 2.05) is 30.0 Å². The van der Waals surface area contributed by atoms with Crippen LogP contribution in [0.2, 0.25) is 0 Å². The van der Waals surface area contributed by atoms with Gasteiger partial charge in [0, 0.05) is 22.6 Å². The number of halogens is 1. The summed E-state index contributed by atoms with van der Waals surface area (Å²) < 4.78 is 0.950. The van der Waals surface area contributed by atoms with E-state index in [1.165, 1.54) is 12.8 Å². The lowest BCUT2D eigenvalue weighted by molar-refractivity contribution is 0.0559. The number of carbonyl (C=O) groups is 1. The van der Waals surface area contributed by atoms with Crippen molar-refractivity contribution < 1.29 is 4.79 Å². The van der Waals surface area contributed by atoms with Gasteiger partial charge in [-0.05, 0) is 56.8 Å². The Kier molecular flexibility index (Phi) is 5.82. The number of benzene rings is 1. The van der Waals surface area contributed by atoms with Crippen LogP contribution in [0.4, 0.5) is 0 Å². The van der Waals surface area contributed by atoms with Crippen molar-refractivity contribution in [2.75, 3.05) is 13.1 Å². The lowest BCUT2D eigenvalue weighted by Gasteiger charge is -2.39. The van der Waals surface area contributed by atoms with Crippen LogP contribution >= 0.6 is 15.9 Å². The predicted octanol–water partition coefficient (Wildman–Crippen LogP) is 3.74. The van der Waals surface area contributed by atoms with Crippen LogP contribution in [0.1, 0.15) is 48.5 Å². The topological polar surface area (TPSA) is 46.3 Å². The van der Waals surface area contributed by atoms with Gasteiger partial charge in [0.15, 0.2) is 0 Å². The summed E-state index contributed by atoms with van der Waals surface area (Å²) in [6.07, 6.45) is 4.65. The Morgan fingerprint density at radius 3 is 2.76 bits per heavy atom.